The van der Waals surface area contributed by atoms with Gasteiger partial charge in [0.25, 0.3) is 5.91 Å². The second-order valence-electron chi connectivity index (χ2n) is 5.57. The third-order valence-corrected chi connectivity index (χ3v) is 3.98. The van der Waals surface area contributed by atoms with Crippen LogP contribution < -0.4 is 10.2 Å². The van der Waals surface area contributed by atoms with Crippen molar-refractivity contribution < 1.29 is 4.79 Å². The zero-order valence-corrected chi connectivity index (χ0v) is 12.7. The van der Waals surface area contributed by atoms with Crippen LogP contribution in [0.4, 0.5) is 5.69 Å². The molecule has 0 radical (unpaired) electrons. The monoisotopic (exact) mass is 296 g/mol. The molecule has 114 valence electrons. The molecule has 0 saturated carbocycles. The van der Waals surface area contributed by atoms with Crippen LogP contribution in [0.1, 0.15) is 41.9 Å². The molecule has 1 aliphatic heterocycles. The lowest BCUT2D eigenvalue weighted by Gasteiger charge is -2.20. The Labute approximate surface area is 130 Å². The lowest BCUT2D eigenvalue weighted by molar-refractivity contribution is 0.0934. The lowest BCUT2D eigenvalue weighted by Crippen LogP contribution is -2.27. The SMILES string of the molecule is C[C@H](NC(=O)c1cnccn1)c1cccc(N2CCCC2)c1. The smallest absolute Gasteiger partial charge is 0.271 e. The summed E-state index contributed by atoms with van der Waals surface area (Å²) in [7, 11) is 0. The fourth-order valence-corrected chi connectivity index (χ4v) is 2.74. The predicted molar refractivity (Wildman–Crippen MR) is 85.8 cm³/mol. The van der Waals surface area contributed by atoms with Crippen LogP contribution in [0, 0.1) is 0 Å². The quantitative estimate of drug-likeness (QED) is 0.942. The van der Waals surface area contributed by atoms with E-state index in [1.165, 1.54) is 30.9 Å². The van der Waals surface area contributed by atoms with Crippen molar-refractivity contribution in [1.82, 2.24) is 15.3 Å². The second-order valence-corrected chi connectivity index (χ2v) is 5.57. The lowest BCUT2D eigenvalue weighted by atomic mass is 10.1. The summed E-state index contributed by atoms with van der Waals surface area (Å²) < 4.78 is 0. The van der Waals surface area contributed by atoms with Gasteiger partial charge in [-0.15, -0.1) is 0 Å². The van der Waals surface area contributed by atoms with Gasteiger partial charge < -0.3 is 10.2 Å². The maximum Gasteiger partial charge on any atom is 0.271 e. The Morgan fingerprint density at radius 3 is 2.82 bits per heavy atom. The van der Waals surface area contributed by atoms with Crippen molar-refractivity contribution in [3.63, 3.8) is 0 Å². The van der Waals surface area contributed by atoms with E-state index in [0.717, 1.165) is 18.7 Å². The van der Waals surface area contributed by atoms with Gasteiger partial charge in [-0.3, -0.25) is 9.78 Å². The van der Waals surface area contributed by atoms with E-state index in [0.29, 0.717) is 5.69 Å². The number of nitrogens with one attached hydrogen (secondary N) is 1. The van der Waals surface area contributed by atoms with E-state index in [4.69, 9.17) is 0 Å². The minimum absolute atomic E-state index is 0.0722. The molecule has 1 atom stereocenters. The molecular weight excluding hydrogens is 276 g/mol. The minimum Gasteiger partial charge on any atom is -0.372 e. The Morgan fingerprint density at radius 2 is 2.09 bits per heavy atom. The highest BCUT2D eigenvalue weighted by atomic mass is 16.1. The normalized spacial score (nSPS) is 15.6. The average Bonchev–Trinajstić information content (AvgIpc) is 3.10. The first-order valence-corrected chi connectivity index (χ1v) is 7.66. The van der Waals surface area contributed by atoms with E-state index in [9.17, 15) is 4.79 Å². The first-order chi connectivity index (χ1) is 10.7. The van der Waals surface area contributed by atoms with Crippen LogP contribution in [-0.2, 0) is 0 Å². The molecule has 1 N–H and O–H groups in total. The molecule has 0 aliphatic carbocycles. The van der Waals surface area contributed by atoms with Crippen LogP contribution in [-0.4, -0.2) is 29.0 Å². The molecule has 2 heterocycles. The van der Waals surface area contributed by atoms with Gasteiger partial charge >= 0.3 is 0 Å². The highest BCUT2D eigenvalue weighted by Crippen LogP contribution is 2.24. The first kappa shape index (κ1) is 14.5. The number of hydrogen-bond donors (Lipinski definition) is 1. The van der Waals surface area contributed by atoms with Crippen molar-refractivity contribution in [3.8, 4) is 0 Å². The summed E-state index contributed by atoms with van der Waals surface area (Å²) in [6.07, 6.45) is 7.06. The summed E-state index contributed by atoms with van der Waals surface area (Å²) in [6, 6.07) is 8.31. The topological polar surface area (TPSA) is 58.1 Å². The Balaban J connectivity index is 1.70. The third-order valence-electron chi connectivity index (χ3n) is 3.98. The molecule has 1 fully saturated rings. The van der Waals surface area contributed by atoms with Crippen LogP contribution in [0.25, 0.3) is 0 Å². The highest BCUT2D eigenvalue weighted by molar-refractivity contribution is 5.92. The maximum absolute atomic E-state index is 12.1. The van der Waals surface area contributed by atoms with Crippen LogP contribution in [0.2, 0.25) is 0 Å². The van der Waals surface area contributed by atoms with Gasteiger partial charge in [0.2, 0.25) is 0 Å². The fraction of sp³-hybridized carbons (Fsp3) is 0.353. The van der Waals surface area contributed by atoms with Crippen LogP contribution >= 0.6 is 0 Å². The molecule has 3 rings (SSSR count). The number of benzene rings is 1. The van der Waals surface area contributed by atoms with E-state index < -0.39 is 0 Å². The van der Waals surface area contributed by atoms with Crippen LogP contribution in [0.15, 0.2) is 42.9 Å². The van der Waals surface area contributed by atoms with Crippen molar-refractivity contribution in [1.29, 1.82) is 0 Å². The molecule has 0 spiro atoms. The maximum atomic E-state index is 12.1. The molecule has 2 aromatic rings. The highest BCUT2D eigenvalue weighted by Gasteiger charge is 2.16. The number of anilines is 1. The van der Waals surface area contributed by atoms with E-state index in [1.54, 1.807) is 6.20 Å². The number of carbonyl (C=O) groups excluding carboxylic acids is 1. The third kappa shape index (κ3) is 3.24. The molecule has 22 heavy (non-hydrogen) atoms. The average molecular weight is 296 g/mol. The molecule has 1 aromatic heterocycles. The number of aromatic nitrogens is 2. The summed E-state index contributed by atoms with van der Waals surface area (Å²) in [5.41, 5.74) is 2.67. The molecule has 0 unspecified atom stereocenters. The Bertz CT molecular complexity index is 638. The van der Waals surface area contributed by atoms with E-state index in [-0.39, 0.29) is 11.9 Å². The number of carbonyl (C=O) groups is 1. The zero-order valence-electron chi connectivity index (χ0n) is 12.7. The zero-order chi connectivity index (χ0) is 15.4. The summed E-state index contributed by atoms with van der Waals surface area (Å²) in [5.74, 6) is -0.202. The van der Waals surface area contributed by atoms with Crippen molar-refractivity contribution in [2.24, 2.45) is 0 Å². The number of nitrogens with zero attached hydrogens (tertiary/aromatic N) is 3. The Kier molecular flexibility index (Phi) is 4.32. The van der Waals surface area contributed by atoms with Crippen LogP contribution in [0.5, 0.6) is 0 Å². The van der Waals surface area contributed by atoms with E-state index >= 15 is 0 Å². The van der Waals surface area contributed by atoms with Crippen molar-refractivity contribution >= 4 is 11.6 Å². The molecule has 5 nitrogen and oxygen atoms in total. The first-order valence-electron chi connectivity index (χ1n) is 7.66. The van der Waals surface area contributed by atoms with E-state index in [1.807, 2.05) is 19.1 Å². The number of hydrogen-bond acceptors (Lipinski definition) is 4. The number of amides is 1. The van der Waals surface area contributed by atoms with Gasteiger partial charge in [-0.05, 0) is 37.5 Å². The molecule has 0 bridgehead atoms. The molecular formula is C17H20N4O. The van der Waals surface area contributed by atoms with Crippen molar-refractivity contribution in [3.05, 3.63) is 54.1 Å². The van der Waals surface area contributed by atoms with Gasteiger partial charge in [0.15, 0.2) is 0 Å². The molecule has 1 amide bonds. The summed E-state index contributed by atoms with van der Waals surface area (Å²) in [6.45, 7) is 4.21. The largest absolute Gasteiger partial charge is 0.372 e. The summed E-state index contributed by atoms with van der Waals surface area (Å²) >= 11 is 0. The van der Waals surface area contributed by atoms with Gasteiger partial charge in [0, 0.05) is 31.2 Å². The van der Waals surface area contributed by atoms with Gasteiger partial charge in [-0.25, -0.2) is 4.98 Å². The Hall–Kier alpha value is -2.43. The summed E-state index contributed by atoms with van der Waals surface area (Å²) in [4.78, 5) is 22.5. The van der Waals surface area contributed by atoms with Gasteiger partial charge in [0.1, 0.15) is 5.69 Å². The Morgan fingerprint density at radius 1 is 1.27 bits per heavy atom. The molecule has 1 aliphatic rings. The van der Waals surface area contributed by atoms with Crippen molar-refractivity contribution in [2.45, 2.75) is 25.8 Å². The van der Waals surface area contributed by atoms with Crippen molar-refractivity contribution in [2.75, 3.05) is 18.0 Å². The molecule has 5 heteroatoms. The minimum atomic E-state index is -0.202. The standard InChI is InChI=1S/C17H20N4O/c1-13(20-17(22)16-12-18-7-8-19-16)14-5-4-6-15(11-14)21-9-2-3-10-21/h4-8,11-13H,2-3,9-10H2,1H3,(H,20,22)/t13-/m0/s1. The predicted octanol–water partition coefficient (Wildman–Crippen LogP) is 2.57. The second kappa shape index (κ2) is 6.56. The van der Waals surface area contributed by atoms with E-state index in [2.05, 4.69) is 32.3 Å². The van der Waals surface area contributed by atoms with Crippen LogP contribution in [0.3, 0.4) is 0 Å². The summed E-state index contributed by atoms with van der Waals surface area (Å²) in [5, 5.41) is 2.97. The fourth-order valence-electron chi connectivity index (χ4n) is 2.74. The molecule has 1 saturated heterocycles. The molecule has 1 aromatic carbocycles. The van der Waals surface area contributed by atoms with Gasteiger partial charge in [-0.1, -0.05) is 12.1 Å². The number of rotatable bonds is 4. The van der Waals surface area contributed by atoms with Gasteiger partial charge in [0.05, 0.1) is 12.2 Å². The van der Waals surface area contributed by atoms with Gasteiger partial charge in [-0.2, -0.15) is 0 Å².